The van der Waals surface area contributed by atoms with Gasteiger partial charge >= 0.3 is 129 Å². The SMILES string of the molecule is Cc1ccc(S(=O)(=O)[Se]S(=O)(=O)c2ccc(C)cc2)cc1. The molecule has 0 aliphatic rings. The minimum absolute atomic E-state index is 0.0452. The quantitative estimate of drug-likeness (QED) is 0.751. The molecule has 0 amide bonds. The Morgan fingerprint density at radius 2 is 0.905 bits per heavy atom. The molecule has 0 aliphatic carbocycles. The van der Waals surface area contributed by atoms with E-state index in [1.165, 1.54) is 24.3 Å². The second-order valence-electron chi connectivity index (χ2n) is 4.60. The summed E-state index contributed by atoms with van der Waals surface area (Å²) in [4.78, 5) is 0.0903. The summed E-state index contributed by atoms with van der Waals surface area (Å²) in [6.07, 6.45) is 0. The standard InChI is InChI=1S/C14H14O4S2Se/c1-11-3-7-13(8-4-11)19(15,16)21-20(17,18)14-9-5-12(2)6-10-14/h3-10H,1-2H3. The summed E-state index contributed by atoms with van der Waals surface area (Å²) in [5, 5.41) is 0. The van der Waals surface area contributed by atoms with Crippen molar-refractivity contribution in [2.75, 3.05) is 0 Å². The zero-order valence-electron chi connectivity index (χ0n) is 11.5. The van der Waals surface area contributed by atoms with Crippen molar-refractivity contribution in [2.45, 2.75) is 23.6 Å². The van der Waals surface area contributed by atoms with Crippen LogP contribution in [-0.4, -0.2) is 29.6 Å². The molecular weight excluding hydrogens is 375 g/mol. The first-order chi connectivity index (χ1) is 9.71. The van der Waals surface area contributed by atoms with Crippen LogP contribution < -0.4 is 0 Å². The van der Waals surface area contributed by atoms with E-state index in [9.17, 15) is 16.8 Å². The van der Waals surface area contributed by atoms with Crippen LogP contribution in [0.1, 0.15) is 11.1 Å². The molecule has 0 bridgehead atoms. The number of hydrogen-bond donors (Lipinski definition) is 0. The fraction of sp³-hybridized carbons (Fsp3) is 0.143. The van der Waals surface area contributed by atoms with Crippen molar-refractivity contribution >= 4 is 29.2 Å². The molecule has 0 aliphatic heterocycles. The molecule has 4 nitrogen and oxygen atoms in total. The van der Waals surface area contributed by atoms with Crippen molar-refractivity contribution in [3.05, 3.63) is 59.7 Å². The average Bonchev–Trinajstić information content (AvgIpc) is 2.38. The van der Waals surface area contributed by atoms with Crippen LogP contribution in [0.5, 0.6) is 0 Å². The number of aryl methyl sites for hydroxylation is 2. The molecule has 2 aromatic rings. The van der Waals surface area contributed by atoms with Crippen LogP contribution in [0.4, 0.5) is 0 Å². The molecule has 0 spiro atoms. The Balaban J connectivity index is 2.35. The molecule has 21 heavy (non-hydrogen) atoms. The first-order valence-electron chi connectivity index (χ1n) is 6.05. The maximum atomic E-state index is 12.2. The van der Waals surface area contributed by atoms with Gasteiger partial charge in [0.25, 0.3) is 0 Å². The van der Waals surface area contributed by atoms with E-state index >= 15 is 0 Å². The molecular formula is C14H14O4S2Se. The Hall–Kier alpha value is -1.14. The molecule has 7 heteroatoms. The summed E-state index contributed by atoms with van der Waals surface area (Å²) in [5.74, 6) is 0. The van der Waals surface area contributed by atoms with Gasteiger partial charge in [-0.15, -0.1) is 0 Å². The zero-order valence-corrected chi connectivity index (χ0v) is 14.8. The predicted molar refractivity (Wildman–Crippen MR) is 82.5 cm³/mol. The Morgan fingerprint density at radius 1 is 0.619 bits per heavy atom. The summed E-state index contributed by atoms with van der Waals surface area (Å²) in [6.45, 7) is 3.68. The Morgan fingerprint density at radius 3 is 1.19 bits per heavy atom. The van der Waals surface area contributed by atoms with Crippen LogP contribution >= 0.6 is 0 Å². The molecule has 2 aromatic carbocycles. The van der Waals surface area contributed by atoms with Gasteiger partial charge in [0.15, 0.2) is 0 Å². The second-order valence-corrected chi connectivity index (χ2v) is 16.0. The van der Waals surface area contributed by atoms with E-state index in [1.54, 1.807) is 24.3 Å². The summed E-state index contributed by atoms with van der Waals surface area (Å²) >= 11 is -1.59. The minimum atomic E-state index is -3.82. The van der Waals surface area contributed by atoms with E-state index < -0.39 is 29.2 Å². The summed E-state index contributed by atoms with van der Waals surface area (Å²) in [5.41, 5.74) is 1.84. The van der Waals surface area contributed by atoms with E-state index in [0.29, 0.717) is 0 Å². The Bertz CT molecular complexity index is 763. The van der Waals surface area contributed by atoms with Gasteiger partial charge < -0.3 is 0 Å². The van der Waals surface area contributed by atoms with E-state index in [4.69, 9.17) is 0 Å². The monoisotopic (exact) mass is 390 g/mol. The van der Waals surface area contributed by atoms with Gasteiger partial charge in [-0.05, 0) is 0 Å². The van der Waals surface area contributed by atoms with E-state index in [-0.39, 0.29) is 9.79 Å². The van der Waals surface area contributed by atoms with E-state index in [2.05, 4.69) is 0 Å². The van der Waals surface area contributed by atoms with Gasteiger partial charge in [0.1, 0.15) is 0 Å². The fourth-order valence-electron chi connectivity index (χ4n) is 1.61. The molecule has 0 unspecified atom stereocenters. The van der Waals surface area contributed by atoms with Gasteiger partial charge in [-0.2, -0.15) is 0 Å². The summed E-state index contributed by atoms with van der Waals surface area (Å²) < 4.78 is 49.0. The Kier molecular flexibility index (Phi) is 4.58. The molecule has 2 rings (SSSR count). The fourth-order valence-corrected chi connectivity index (χ4v) is 12.9. The molecule has 0 saturated carbocycles. The van der Waals surface area contributed by atoms with Gasteiger partial charge in [0, 0.05) is 0 Å². The molecule has 0 N–H and O–H groups in total. The number of benzene rings is 2. The number of rotatable bonds is 4. The third-order valence-corrected chi connectivity index (χ3v) is 15.1. The number of hydrogen-bond acceptors (Lipinski definition) is 4. The molecule has 0 radical (unpaired) electrons. The zero-order chi connectivity index (χ0) is 15.7. The van der Waals surface area contributed by atoms with Crippen molar-refractivity contribution < 1.29 is 16.8 Å². The molecule has 0 fully saturated rings. The van der Waals surface area contributed by atoms with Gasteiger partial charge in [-0.25, -0.2) is 0 Å². The van der Waals surface area contributed by atoms with E-state index in [0.717, 1.165) is 11.1 Å². The van der Waals surface area contributed by atoms with Gasteiger partial charge in [-0.3, -0.25) is 0 Å². The third-order valence-electron chi connectivity index (χ3n) is 2.80. The van der Waals surface area contributed by atoms with Gasteiger partial charge in [-0.1, -0.05) is 0 Å². The van der Waals surface area contributed by atoms with E-state index in [1.807, 2.05) is 13.8 Å². The first kappa shape index (κ1) is 16.2. The van der Waals surface area contributed by atoms with Gasteiger partial charge in [0.2, 0.25) is 0 Å². The predicted octanol–water partition coefficient (Wildman–Crippen LogP) is 2.09. The molecule has 112 valence electrons. The van der Waals surface area contributed by atoms with Crippen molar-refractivity contribution in [3.8, 4) is 0 Å². The second kappa shape index (κ2) is 5.93. The van der Waals surface area contributed by atoms with Crippen LogP contribution in [0.15, 0.2) is 58.3 Å². The van der Waals surface area contributed by atoms with Crippen molar-refractivity contribution in [2.24, 2.45) is 0 Å². The maximum absolute atomic E-state index is 12.2. The van der Waals surface area contributed by atoms with Crippen molar-refractivity contribution in [3.63, 3.8) is 0 Å². The topological polar surface area (TPSA) is 68.3 Å². The molecule has 0 saturated heterocycles. The third kappa shape index (κ3) is 3.95. The van der Waals surface area contributed by atoms with Crippen molar-refractivity contribution in [1.29, 1.82) is 0 Å². The van der Waals surface area contributed by atoms with Crippen LogP contribution in [0.25, 0.3) is 0 Å². The van der Waals surface area contributed by atoms with Crippen LogP contribution in [0, 0.1) is 13.8 Å². The van der Waals surface area contributed by atoms with Crippen LogP contribution in [0.2, 0.25) is 0 Å². The van der Waals surface area contributed by atoms with Crippen molar-refractivity contribution in [1.82, 2.24) is 0 Å². The molecule has 0 heterocycles. The molecule has 0 atom stereocenters. The summed E-state index contributed by atoms with van der Waals surface area (Å²) in [7, 11) is -7.64. The normalized spacial score (nSPS) is 12.3. The first-order valence-corrected chi connectivity index (χ1v) is 13.1. The molecule has 0 aromatic heterocycles. The summed E-state index contributed by atoms with van der Waals surface area (Å²) in [6, 6.07) is 12.4. The average molecular weight is 389 g/mol. The van der Waals surface area contributed by atoms with Gasteiger partial charge in [0.05, 0.1) is 0 Å². The van der Waals surface area contributed by atoms with Crippen LogP contribution in [0.3, 0.4) is 0 Å². The van der Waals surface area contributed by atoms with Crippen LogP contribution in [-0.2, 0) is 16.5 Å². The Labute approximate surface area is 129 Å².